The number of carbonyl (C=O) groups excluding carboxylic acids is 1. The van der Waals surface area contributed by atoms with Gasteiger partial charge in [-0.2, -0.15) is 0 Å². The monoisotopic (exact) mass is 405 g/mol. The lowest BCUT2D eigenvalue weighted by Crippen LogP contribution is -2.69. The van der Waals surface area contributed by atoms with Gasteiger partial charge in [-0.05, 0) is 55.3 Å². The maximum atomic E-state index is 12.9. The third kappa shape index (κ3) is 3.29. The maximum Gasteiger partial charge on any atom is 0.358 e. The average Bonchev–Trinajstić information content (AvgIpc) is 2.79. The van der Waals surface area contributed by atoms with E-state index in [0.29, 0.717) is 9.99 Å². The van der Waals surface area contributed by atoms with Gasteiger partial charge in [0.05, 0.1) is 11.5 Å². The molecular formula is C16H27NO5S2Si. The first-order valence-corrected chi connectivity index (χ1v) is 13.4. The highest BCUT2D eigenvalue weighted by molar-refractivity contribution is 8.19. The van der Waals surface area contributed by atoms with Crippen LogP contribution in [0.25, 0.3) is 0 Å². The molecule has 1 N–H and O–H groups in total. The quantitative estimate of drug-likeness (QED) is 0.414. The minimum atomic E-state index is -1.44. The van der Waals surface area contributed by atoms with Gasteiger partial charge >= 0.3 is 5.97 Å². The van der Waals surface area contributed by atoms with Crippen LogP contribution >= 0.6 is 11.8 Å². The second kappa shape index (κ2) is 6.92. The molecule has 2 rings (SSSR count). The first-order chi connectivity index (χ1) is 11.4. The summed E-state index contributed by atoms with van der Waals surface area (Å²) >= 11 is -0.157. The Labute approximate surface area is 158 Å². The fraction of sp³-hybridized carbons (Fsp3) is 0.750. The van der Waals surface area contributed by atoms with Crippen molar-refractivity contribution >= 4 is 43.9 Å². The Morgan fingerprint density at radius 3 is 2.36 bits per heavy atom. The Bertz CT molecular complexity index is 618. The summed E-state index contributed by atoms with van der Waals surface area (Å²) in [7, 11) is -1.44. The highest BCUT2D eigenvalue weighted by Gasteiger charge is 2.66. The fourth-order valence-electron chi connectivity index (χ4n) is 3.28. The number of nitrogens with zero attached hydrogens (tertiary/aromatic N) is 1. The summed E-state index contributed by atoms with van der Waals surface area (Å²) in [5, 5.41) is 9.18. The van der Waals surface area contributed by atoms with Gasteiger partial charge in [0.1, 0.15) is 11.1 Å². The number of aliphatic carboxylic acids is 1. The van der Waals surface area contributed by atoms with E-state index in [1.807, 2.05) is 27.7 Å². The summed E-state index contributed by atoms with van der Waals surface area (Å²) in [5.74, 6) is -1.57. The van der Waals surface area contributed by atoms with Gasteiger partial charge in [-0.15, -0.1) is 0 Å². The minimum absolute atomic E-state index is 0.116. The molecule has 1 amide bonds. The van der Waals surface area contributed by atoms with Gasteiger partial charge in [-0.3, -0.25) is 9.69 Å². The van der Waals surface area contributed by atoms with Crippen molar-refractivity contribution < 1.29 is 23.7 Å². The van der Waals surface area contributed by atoms with E-state index in [1.54, 1.807) is 6.92 Å². The second-order valence-corrected chi connectivity index (χ2v) is 13.2. The van der Waals surface area contributed by atoms with Crippen LogP contribution < -0.4 is 0 Å². The van der Waals surface area contributed by atoms with Gasteiger partial charge in [0.25, 0.3) is 0 Å². The Balaban J connectivity index is 2.42. The van der Waals surface area contributed by atoms with Crippen molar-refractivity contribution in [1.29, 1.82) is 0 Å². The number of carboxylic acid groups (broad SMARTS) is 1. The van der Waals surface area contributed by atoms with Crippen molar-refractivity contribution in [2.45, 2.75) is 58.7 Å². The minimum Gasteiger partial charge on any atom is -0.611 e. The predicted molar refractivity (Wildman–Crippen MR) is 103 cm³/mol. The van der Waals surface area contributed by atoms with Crippen LogP contribution in [-0.4, -0.2) is 52.2 Å². The number of fused-ring (bicyclic) bond motifs is 1. The van der Waals surface area contributed by atoms with E-state index in [0.717, 1.165) is 0 Å². The third-order valence-electron chi connectivity index (χ3n) is 4.94. The molecule has 0 aromatic carbocycles. The topological polar surface area (TPSA) is 89.9 Å². The van der Waals surface area contributed by atoms with E-state index in [2.05, 4.69) is 13.1 Å². The number of hydrogen-bond donors (Lipinski definition) is 1. The van der Waals surface area contributed by atoms with Crippen molar-refractivity contribution in [3.8, 4) is 0 Å². The van der Waals surface area contributed by atoms with Crippen LogP contribution in [0.1, 0.15) is 34.6 Å². The van der Waals surface area contributed by atoms with Crippen molar-refractivity contribution in [3.05, 3.63) is 9.93 Å². The standard InChI is InChI=1S/C16H27NO5S2Si/c1-8-24(21)14-10(13(19)20)17-11(18)9(12(17)23-14)16(5,15(2,3)4)22-25(6)7/h9,12,25H,8H2,1-7H3,(H,19,20)/t9-,12-,16?,24?/m0/s1. The molecule has 9 heteroatoms. The molecule has 0 aromatic rings. The molecular weight excluding hydrogens is 378 g/mol. The van der Waals surface area contributed by atoms with E-state index in [4.69, 9.17) is 4.43 Å². The Hall–Kier alpha value is -0.483. The lowest BCUT2D eigenvalue weighted by Gasteiger charge is -2.56. The Morgan fingerprint density at radius 2 is 1.96 bits per heavy atom. The highest BCUT2D eigenvalue weighted by Crippen LogP contribution is 2.57. The normalized spacial score (nSPS) is 27.2. The van der Waals surface area contributed by atoms with Crippen LogP contribution in [0.5, 0.6) is 0 Å². The fourth-order valence-corrected chi connectivity index (χ4v) is 7.85. The summed E-state index contributed by atoms with van der Waals surface area (Å²) in [5.41, 5.74) is -1.12. The molecule has 0 saturated carbocycles. The van der Waals surface area contributed by atoms with Crippen LogP contribution in [0.15, 0.2) is 9.93 Å². The van der Waals surface area contributed by atoms with E-state index in [-0.39, 0.29) is 22.4 Å². The molecule has 4 atom stereocenters. The molecule has 1 saturated heterocycles. The zero-order valence-corrected chi connectivity index (χ0v) is 18.6. The number of carbonyl (C=O) groups is 2. The molecule has 6 nitrogen and oxygen atoms in total. The summed E-state index contributed by atoms with van der Waals surface area (Å²) < 4.78 is 18.9. The van der Waals surface area contributed by atoms with Crippen molar-refractivity contribution in [1.82, 2.24) is 4.90 Å². The van der Waals surface area contributed by atoms with Crippen LogP contribution in [0.4, 0.5) is 0 Å². The van der Waals surface area contributed by atoms with Crippen LogP contribution in [-0.2, 0) is 25.2 Å². The average molecular weight is 406 g/mol. The summed E-state index contributed by atoms with van der Waals surface area (Å²) in [6.07, 6.45) is 0. The second-order valence-electron chi connectivity index (χ2n) is 7.79. The number of thioether (sulfide) groups is 1. The number of β-lactam (4-membered cyclic amide) rings is 1. The molecule has 0 bridgehead atoms. The van der Waals surface area contributed by atoms with Crippen molar-refractivity contribution in [2.75, 3.05) is 5.75 Å². The molecule has 0 aromatic heterocycles. The number of amides is 1. The first kappa shape index (κ1) is 20.8. The van der Waals surface area contributed by atoms with Gasteiger partial charge in [0, 0.05) is 0 Å². The molecule has 0 spiro atoms. The van der Waals surface area contributed by atoms with E-state index in [9.17, 15) is 19.2 Å². The number of carboxylic acids is 1. The molecule has 25 heavy (non-hydrogen) atoms. The lowest BCUT2D eigenvalue weighted by molar-refractivity contribution is -0.173. The van der Waals surface area contributed by atoms with Crippen LogP contribution in [0.3, 0.4) is 0 Å². The molecule has 0 aliphatic carbocycles. The van der Waals surface area contributed by atoms with E-state index < -0.39 is 37.7 Å². The highest BCUT2D eigenvalue weighted by atomic mass is 32.3. The van der Waals surface area contributed by atoms with Gasteiger partial charge in [0.15, 0.2) is 14.7 Å². The molecule has 2 aliphatic rings. The molecule has 2 aliphatic heterocycles. The smallest absolute Gasteiger partial charge is 0.358 e. The Kier molecular flexibility index (Phi) is 5.76. The molecule has 0 radical (unpaired) electrons. The molecule has 1 fully saturated rings. The van der Waals surface area contributed by atoms with Crippen LogP contribution in [0, 0.1) is 11.3 Å². The third-order valence-corrected chi connectivity index (χ3v) is 9.01. The van der Waals surface area contributed by atoms with Crippen LogP contribution in [0.2, 0.25) is 13.1 Å². The van der Waals surface area contributed by atoms with E-state index >= 15 is 0 Å². The first-order valence-electron chi connectivity index (χ1n) is 8.40. The molecule has 142 valence electrons. The molecule has 2 unspecified atom stereocenters. The van der Waals surface area contributed by atoms with Gasteiger partial charge in [0.2, 0.25) is 10.1 Å². The van der Waals surface area contributed by atoms with E-state index in [1.165, 1.54) is 16.7 Å². The van der Waals surface area contributed by atoms with Gasteiger partial charge in [-0.25, -0.2) is 4.79 Å². The lowest BCUT2D eigenvalue weighted by atomic mass is 9.66. The SMILES string of the molecule is CC[S+]([O-])C1=C(C(=O)O)N2C(=O)[C@H](C(C)(O[SiH](C)C)C(C)(C)C)[C@@H]2S1. The van der Waals surface area contributed by atoms with Gasteiger partial charge in [-0.1, -0.05) is 20.8 Å². The zero-order valence-electron chi connectivity index (χ0n) is 15.8. The summed E-state index contributed by atoms with van der Waals surface area (Å²) in [6, 6.07) is 0. The number of rotatable bonds is 6. The van der Waals surface area contributed by atoms with Crippen molar-refractivity contribution in [2.24, 2.45) is 11.3 Å². The van der Waals surface area contributed by atoms with Gasteiger partial charge < -0.3 is 14.1 Å². The largest absolute Gasteiger partial charge is 0.611 e. The maximum absolute atomic E-state index is 12.9. The Morgan fingerprint density at radius 1 is 1.40 bits per heavy atom. The zero-order chi connectivity index (χ0) is 19.3. The summed E-state index contributed by atoms with van der Waals surface area (Å²) in [6.45, 7) is 13.9. The predicted octanol–water partition coefficient (Wildman–Crippen LogP) is 2.34. The summed E-state index contributed by atoms with van der Waals surface area (Å²) in [4.78, 5) is 25.9. The van der Waals surface area contributed by atoms with Crippen molar-refractivity contribution in [3.63, 3.8) is 0 Å². The molecule has 2 heterocycles. The number of hydrogen-bond acceptors (Lipinski definition) is 5.